The van der Waals surface area contributed by atoms with E-state index in [9.17, 15) is 4.79 Å². The summed E-state index contributed by atoms with van der Waals surface area (Å²) in [5, 5.41) is 3.87. The molecule has 1 saturated heterocycles. The molecular weight excluding hydrogens is 452 g/mol. The minimum Gasteiger partial charge on any atom is -0.381 e. The van der Waals surface area contributed by atoms with Crippen molar-refractivity contribution in [1.82, 2.24) is 10.2 Å². The predicted molar refractivity (Wildman–Crippen MR) is 126 cm³/mol. The standard InChI is InChI=1S/C26H31BrN2O2/c1-17-24(30)29(18(2)19-7-5-4-6-8-19)26(28-17)23-15-21(27)10-9-20(23)16-25(26)13-11-22(31-3)12-14-25/h4-10,15,17-18,22,28H,11-14,16H2,1-3H3/t17-,18-,22?,25?,26-/m1/s1. The monoisotopic (exact) mass is 482 g/mol. The van der Waals surface area contributed by atoms with Gasteiger partial charge in [0, 0.05) is 17.0 Å². The van der Waals surface area contributed by atoms with Crippen LogP contribution < -0.4 is 5.32 Å². The molecule has 2 aromatic rings. The summed E-state index contributed by atoms with van der Waals surface area (Å²) in [6.45, 7) is 4.20. The molecule has 1 heterocycles. The van der Waals surface area contributed by atoms with Crippen LogP contribution in [0.1, 0.15) is 62.3 Å². The maximum absolute atomic E-state index is 13.7. The van der Waals surface area contributed by atoms with Gasteiger partial charge in [0.25, 0.3) is 0 Å². The molecule has 2 fully saturated rings. The van der Waals surface area contributed by atoms with Crippen LogP contribution in [0.15, 0.2) is 53.0 Å². The second-order valence-electron chi connectivity index (χ2n) is 9.56. The van der Waals surface area contributed by atoms with Crippen molar-refractivity contribution in [3.05, 3.63) is 69.7 Å². The minimum atomic E-state index is -0.503. The van der Waals surface area contributed by atoms with Crippen LogP contribution in [0.4, 0.5) is 0 Å². The van der Waals surface area contributed by atoms with Crippen LogP contribution in [0.2, 0.25) is 0 Å². The summed E-state index contributed by atoms with van der Waals surface area (Å²) in [4.78, 5) is 15.9. The zero-order valence-corrected chi connectivity index (χ0v) is 20.1. The maximum atomic E-state index is 13.7. The van der Waals surface area contributed by atoms with E-state index in [1.165, 1.54) is 16.7 Å². The van der Waals surface area contributed by atoms with Gasteiger partial charge in [-0.15, -0.1) is 0 Å². The quantitative estimate of drug-likeness (QED) is 0.643. The fraction of sp³-hybridized carbons (Fsp3) is 0.500. The molecule has 0 bridgehead atoms. The molecule has 0 aromatic heterocycles. The van der Waals surface area contributed by atoms with Crippen molar-refractivity contribution < 1.29 is 9.53 Å². The van der Waals surface area contributed by atoms with E-state index in [1.807, 2.05) is 20.1 Å². The summed E-state index contributed by atoms with van der Waals surface area (Å²) in [5.74, 6) is 0.192. The molecule has 2 spiro atoms. The van der Waals surface area contributed by atoms with Gasteiger partial charge in [0.15, 0.2) is 0 Å². The highest BCUT2D eigenvalue weighted by Crippen LogP contribution is 2.62. The number of nitrogens with zero attached hydrogens (tertiary/aromatic N) is 1. The van der Waals surface area contributed by atoms with Crippen LogP contribution in [0, 0.1) is 5.41 Å². The minimum absolute atomic E-state index is 0.0203. The Balaban J connectivity index is 1.70. The van der Waals surface area contributed by atoms with Crippen molar-refractivity contribution in [3.8, 4) is 0 Å². The van der Waals surface area contributed by atoms with Crippen molar-refractivity contribution in [2.24, 2.45) is 5.41 Å². The van der Waals surface area contributed by atoms with Gasteiger partial charge in [0.1, 0.15) is 5.66 Å². The van der Waals surface area contributed by atoms with Crippen molar-refractivity contribution in [2.45, 2.75) is 69.8 Å². The van der Waals surface area contributed by atoms with E-state index in [2.05, 4.69) is 75.5 Å². The molecule has 1 N–H and O–H groups in total. The van der Waals surface area contributed by atoms with E-state index in [0.717, 1.165) is 36.6 Å². The number of fused-ring (bicyclic) bond motifs is 3. The molecule has 1 amide bonds. The fourth-order valence-electron chi connectivity index (χ4n) is 6.53. The molecule has 164 valence electrons. The van der Waals surface area contributed by atoms with E-state index in [0.29, 0.717) is 6.10 Å². The molecule has 3 atom stereocenters. The van der Waals surface area contributed by atoms with Gasteiger partial charge in [0.2, 0.25) is 5.91 Å². The van der Waals surface area contributed by atoms with Crippen LogP contribution in [-0.2, 0) is 21.6 Å². The highest BCUT2D eigenvalue weighted by atomic mass is 79.9. The highest BCUT2D eigenvalue weighted by molar-refractivity contribution is 9.10. The number of carbonyl (C=O) groups excluding carboxylic acids is 1. The molecule has 2 aliphatic carbocycles. The number of carbonyl (C=O) groups is 1. The average Bonchev–Trinajstić information content (AvgIpc) is 3.20. The first-order chi connectivity index (χ1) is 14.9. The molecule has 4 nitrogen and oxygen atoms in total. The Morgan fingerprint density at radius 1 is 1.16 bits per heavy atom. The van der Waals surface area contributed by atoms with Crippen molar-refractivity contribution in [3.63, 3.8) is 0 Å². The zero-order chi connectivity index (χ0) is 21.8. The molecule has 5 heteroatoms. The normalized spacial score (nSPS) is 33.3. The van der Waals surface area contributed by atoms with Gasteiger partial charge in [-0.1, -0.05) is 52.3 Å². The maximum Gasteiger partial charge on any atom is 0.241 e. The lowest BCUT2D eigenvalue weighted by Crippen LogP contribution is -2.61. The van der Waals surface area contributed by atoms with Crippen molar-refractivity contribution in [1.29, 1.82) is 0 Å². The summed E-state index contributed by atoms with van der Waals surface area (Å²) < 4.78 is 6.78. The van der Waals surface area contributed by atoms with E-state index < -0.39 is 5.66 Å². The number of hydrogen-bond acceptors (Lipinski definition) is 3. The first-order valence-electron chi connectivity index (χ1n) is 11.4. The Morgan fingerprint density at radius 2 is 1.87 bits per heavy atom. The number of amides is 1. The van der Waals surface area contributed by atoms with Gasteiger partial charge < -0.3 is 9.64 Å². The predicted octanol–water partition coefficient (Wildman–Crippen LogP) is 5.31. The average molecular weight is 483 g/mol. The number of ether oxygens (including phenoxy) is 1. The number of benzene rings is 2. The molecule has 1 aliphatic heterocycles. The van der Waals surface area contributed by atoms with Crippen LogP contribution in [0.3, 0.4) is 0 Å². The molecule has 3 aliphatic rings. The number of nitrogens with one attached hydrogen (secondary N) is 1. The van der Waals surface area contributed by atoms with E-state index in [-0.39, 0.29) is 23.4 Å². The summed E-state index contributed by atoms with van der Waals surface area (Å²) in [6, 6.07) is 16.8. The van der Waals surface area contributed by atoms with Crippen molar-refractivity contribution in [2.75, 3.05) is 7.11 Å². The lowest BCUT2D eigenvalue weighted by atomic mass is 9.64. The Labute approximate surface area is 193 Å². The lowest BCUT2D eigenvalue weighted by molar-refractivity contribution is -0.144. The number of hydrogen-bond donors (Lipinski definition) is 1. The Hall–Kier alpha value is -1.69. The van der Waals surface area contributed by atoms with E-state index >= 15 is 0 Å². The fourth-order valence-corrected chi connectivity index (χ4v) is 6.89. The lowest BCUT2D eigenvalue weighted by Gasteiger charge is -2.53. The first kappa shape index (κ1) is 21.2. The zero-order valence-electron chi connectivity index (χ0n) is 18.5. The van der Waals surface area contributed by atoms with Gasteiger partial charge in [-0.3, -0.25) is 10.1 Å². The SMILES string of the molecule is COC1CCC2(CC1)Cc1ccc(Br)cc1[C@]21N[C@H](C)C(=O)N1[C@H](C)c1ccccc1. The Kier molecular flexibility index (Phi) is 5.27. The topological polar surface area (TPSA) is 41.6 Å². The van der Waals surface area contributed by atoms with E-state index in [1.54, 1.807) is 0 Å². The van der Waals surface area contributed by atoms with Crippen molar-refractivity contribution >= 4 is 21.8 Å². The summed E-state index contributed by atoms with van der Waals surface area (Å²) in [6.07, 6.45) is 5.46. The van der Waals surface area contributed by atoms with Gasteiger partial charge in [-0.25, -0.2) is 0 Å². The van der Waals surface area contributed by atoms with Gasteiger partial charge in [-0.05, 0) is 74.8 Å². The molecule has 0 unspecified atom stereocenters. The number of rotatable bonds is 3. The third-order valence-corrected chi connectivity index (χ3v) is 8.54. The molecule has 1 saturated carbocycles. The van der Waals surface area contributed by atoms with Crippen LogP contribution in [0.25, 0.3) is 0 Å². The second-order valence-corrected chi connectivity index (χ2v) is 10.5. The Bertz CT molecular complexity index is 986. The molecular formula is C26H31BrN2O2. The van der Waals surface area contributed by atoms with Crippen LogP contribution in [0.5, 0.6) is 0 Å². The van der Waals surface area contributed by atoms with Gasteiger partial charge >= 0.3 is 0 Å². The number of halogens is 1. The second kappa shape index (κ2) is 7.72. The summed E-state index contributed by atoms with van der Waals surface area (Å²) in [5.41, 5.74) is 3.26. The van der Waals surface area contributed by atoms with Gasteiger partial charge in [0.05, 0.1) is 18.2 Å². The third kappa shape index (κ3) is 3.04. The van der Waals surface area contributed by atoms with E-state index in [4.69, 9.17) is 4.74 Å². The largest absolute Gasteiger partial charge is 0.381 e. The summed E-state index contributed by atoms with van der Waals surface area (Å²) >= 11 is 3.71. The molecule has 5 rings (SSSR count). The molecule has 0 radical (unpaired) electrons. The smallest absolute Gasteiger partial charge is 0.241 e. The molecule has 31 heavy (non-hydrogen) atoms. The van der Waals surface area contributed by atoms with Crippen LogP contribution in [-0.4, -0.2) is 30.1 Å². The first-order valence-corrected chi connectivity index (χ1v) is 12.2. The van der Waals surface area contributed by atoms with Gasteiger partial charge in [-0.2, -0.15) is 0 Å². The third-order valence-electron chi connectivity index (χ3n) is 8.04. The Morgan fingerprint density at radius 3 is 2.55 bits per heavy atom. The summed E-state index contributed by atoms with van der Waals surface area (Å²) in [7, 11) is 1.82. The molecule has 2 aromatic carbocycles. The highest BCUT2D eigenvalue weighted by Gasteiger charge is 2.67. The number of methoxy groups -OCH3 is 1. The van der Waals surface area contributed by atoms with Crippen LogP contribution >= 0.6 is 15.9 Å².